The molecule has 1 aromatic heterocycles. The summed E-state index contributed by atoms with van der Waals surface area (Å²) in [4.78, 5) is 39.1. The quantitative estimate of drug-likeness (QED) is 0.659. The molecule has 3 rings (SSSR count). The highest BCUT2D eigenvalue weighted by Gasteiger charge is 2.29. The second-order valence-corrected chi connectivity index (χ2v) is 6.19. The van der Waals surface area contributed by atoms with Crippen molar-refractivity contribution in [1.29, 1.82) is 0 Å². The molecule has 0 bridgehead atoms. The van der Waals surface area contributed by atoms with Gasteiger partial charge in [0.05, 0.1) is 26.2 Å². The summed E-state index contributed by atoms with van der Waals surface area (Å²) in [7, 11) is 2.42. The van der Waals surface area contributed by atoms with Gasteiger partial charge < -0.3 is 19.6 Å². The number of esters is 2. The minimum Gasteiger partial charge on any atom is -0.506 e. The first-order valence-corrected chi connectivity index (χ1v) is 8.55. The maximum absolute atomic E-state index is 12.6. The van der Waals surface area contributed by atoms with Gasteiger partial charge in [-0.3, -0.25) is 9.59 Å². The third-order valence-corrected chi connectivity index (χ3v) is 4.65. The summed E-state index contributed by atoms with van der Waals surface area (Å²) < 4.78 is 9.45. The van der Waals surface area contributed by atoms with E-state index >= 15 is 0 Å². The highest BCUT2D eigenvalue weighted by atomic mass is 16.5. The van der Waals surface area contributed by atoms with Gasteiger partial charge in [0.15, 0.2) is 0 Å². The molecule has 0 aliphatic carbocycles. The zero-order valence-corrected chi connectivity index (χ0v) is 15.4. The summed E-state index contributed by atoms with van der Waals surface area (Å²) in [6, 6.07) is 13.0. The van der Waals surface area contributed by atoms with Crippen LogP contribution in [0, 0.1) is 0 Å². The lowest BCUT2D eigenvalue weighted by atomic mass is 9.85. The fourth-order valence-corrected chi connectivity index (χ4v) is 3.30. The molecule has 0 spiro atoms. The summed E-state index contributed by atoms with van der Waals surface area (Å²) in [6.07, 6.45) is 0.900. The van der Waals surface area contributed by atoms with Crippen LogP contribution in [0.5, 0.6) is 5.75 Å². The predicted octanol–water partition coefficient (Wildman–Crippen LogP) is 2.72. The molecule has 0 saturated carbocycles. The number of methoxy groups -OCH3 is 2. The molecule has 1 heterocycles. The summed E-state index contributed by atoms with van der Waals surface area (Å²) in [6.45, 7) is 0. The SMILES string of the molecule is COC(=O)CC(c1c(O)c(C(=O)OC)c[nH]c1=O)c1cccc2ccccc12. The Bertz CT molecular complexity index is 1100. The number of hydrogen-bond acceptors (Lipinski definition) is 6. The van der Waals surface area contributed by atoms with Crippen LogP contribution in [0.2, 0.25) is 0 Å². The lowest BCUT2D eigenvalue weighted by molar-refractivity contribution is -0.140. The molecule has 144 valence electrons. The van der Waals surface area contributed by atoms with Crippen molar-refractivity contribution in [3.05, 3.63) is 75.7 Å². The minimum absolute atomic E-state index is 0.0929. The molecular formula is C21H19NO6. The van der Waals surface area contributed by atoms with Crippen LogP contribution < -0.4 is 5.56 Å². The van der Waals surface area contributed by atoms with Gasteiger partial charge in [-0.2, -0.15) is 0 Å². The predicted molar refractivity (Wildman–Crippen MR) is 102 cm³/mol. The normalized spacial score (nSPS) is 11.8. The van der Waals surface area contributed by atoms with E-state index < -0.39 is 29.2 Å². The van der Waals surface area contributed by atoms with Gasteiger partial charge in [0.1, 0.15) is 11.3 Å². The molecule has 0 amide bonds. The zero-order valence-electron chi connectivity index (χ0n) is 15.4. The molecule has 7 heteroatoms. The van der Waals surface area contributed by atoms with Gasteiger partial charge >= 0.3 is 11.9 Å². The van der Waals surface area contributed by atoms with Crippen molar-refractivity contribution < 1.29 is 24.2 Å². The third-order valence-electron chi connectivity index (χ3n) is 4.65. The number of pyridine rings is 1. The molecule has 0 aliphatic rings. The maximum Gasteiger partial charge on any atom is 0.343 e. The summed E-state index contributed by atoms with van der Waals surface area (Å²) in [5, 5.41) is 12.4. The van der Waals surface area contributed by atoms with Crippen molar-refractivity contribution in [3.63, 3.8) is 0 Å². The summed E-state index contributed by atoms with van der Waals surface area (Å²) in [5.74, 6) is -2.70. The second-order valence-electron chi connectivity index (χ2n) is 6.19. The van der Waals surface area contributed by atoms with E-state index in [0.29, 0.717) is 5.56 Å². The van der Waals surface area contributed by atoms with Gasteiger partial charge in [-0.15, -0.1) is 0 Å². The highest BCUT2D eigenvalue weighted by molar-refractivity contribution is 5.93. The lowest BCUT2D eigenvalue weighted by Crippen LogP contribution is -2.22. The minimum atomic E-state index is -0.827. The van der Waals surface area contributed by atoms with Crippen molar-refractivity contribution in [3.8, 4) is 5.75 Å². The molecule has 0 fully saturated rings. The average molecular weight is 381 g/mol. The van der Waals surface area contributed by atoms with Crippen molar-refractivity contribution in [2.75, 3.05) is 14.2 Å². The van der Waals surface area contributed by atoms with Crippen LogP contribution in [0.3, 0.4) is 0 Å². The molecule has 1 unspecified atom stereocenters. The van der Waals surface area contributed by atoms with Crippen LogP contribution in [-0.4, -0.2) is 36.2 Å². The van der Waals surface area contributed by atoms with Gasteiger partial charge in [-0.1, -0.05) is 42.5 Å². The van der Waals surface area contributed by atoms with Crippen LogP contribution in [0.15, 0.2) is 53.5 Å². The number of aromatic hydroxyl groups is 1. The number of hydrogen-bond donors (Lipinski definition) is 2. The number of carbonyl (C=O) groups excluding carboxylic acids is 2. The standard InChI is InChI=1S/C21H19NO6/c1-27-17(23)10-15(14-9-5-7-12-6-3-4-8-13(12)14)18-19(24)16(21(26)28-2)11-22-20(18)25/h3-9,11,15H,10H2,1-2H3,(H2,22,24,25). The van der Waals surface area contributed by atoms with Gasteiger partial charge in [0.2, 0.25) is 0 Å². The first-order valence-electron chi connectivity index (χ1n) is 8.55. The van der Waals surface area contributed by atoms with Gasteiger partial charge in [0.25, 0.3) is 5.56 Å². The van der Waals surface area contributed by atoms with Crippen molar-refractivity contribution in [2.24, 2.45) is 0 Å². The van der Waals surface area contributed by atoms with Crippen LogP contribution in [-0.2, 0) is 14.3 Å². The fourth-order valence-electron chi connectivity index (χ4n) is 3.30. The van der Waals surface area contributed by atoms with E-state index in [1.54, 1.807) is 12.1 Å². The Labute approximate surface area is 160 Å². The zero-order chi connectivity index (χ0) is 20.3. The molecule has 0 aliphatic heterocycles. The number of H-pyrrole nitrogens is 1. The number of ether oxygens (including phenoxy) is 2. The summed E-state index contributed by atoms with van der Waals surface area (Å²) in [5.41, 5.74) is -0.227. The lowest BCUT2D eigenvalue weighted by Gasteiger charge is -2.20. The van der Waals surface area contributed by atoms with Crippen LogP contribution in [0.1, 0.15) is 33.8 Å². The van der Waals surface area contributed by atoms with Crippen molar-refractivity contribution >= 4 is 22.7 Å². The molecule has 0 radical (unpaired) electrons. The Balaban J connectivity index is 2.29. The highest BCUT2D eigenvalue weighted by Crippen LogP contribution is 2.37. The average Bonchev–Trinajstić information content (AvgIpc) is 2.72. The molecule has 2 aromatic carbocycles. The topological polar surface area (TPSA) is 106 Å². The molecule has 3 aromatic rings. The van der Waals surface area contributed by atoms with E-state index in [9.17, 15) is 19.5 Å². The van der Waals surface area contributed by atoms with E-state index in [1.807, 2.05) is 30.3 Å². The van der Waals surface area contributed by atoms with Gasteiger partial charge in [-0.05, 0) is 16.3 Å². The Morgan fingerprint density at radius 1 is 1.07 bits per heavy atom. The number of carbonyl (C=O) groups is 2. The maximum atomic E-state index is 12.6. The van der Waals surface area contributed by atoms with E-state index in [1.165, 1.54) is 14.2 Å². The van der Waals surface area contributed by atoms with E-state index in [-0.39, 0.29) is 17.5 Å². The Morgan fingerprint density at radius 3 is 2.50 bits per heavy atom. The first kappa shape index (κ1) is 19.2. The second kappa shape index (κ2) is 7.96. The number of rotatable bonds is 5. The number of aromatic nitrogens is 1. The Morgan fingerprint density at radius 2 is 1.79 bits per heavy atom. The Kier molecular flexibility index (Phi) is 5.44. The van der Waals surface area contributed by atoms with Gasteiger partial charge in [0, 0.05) is 12.1 Å². The number of nitrogens with one attached hydrogen (secondary N) is 1. The van der Waals surface area contributed by atoms with E-state index in [0.717, 1.165) is 17.0 Å². The number of fused-ring (bicyclic) bond motifs is 1. The first-order chi connectivity index (χ1) is 13.5. The molecular weight excluding hydrogens is 362 g/mol. The largest absolute Gasteiger partial charge is 0.506 e. The van der Waals surface area contributed by atoms with Crippen molar-refractivity contribution in [1.82, 2.24) is 4.98 Å². The third kappa shape index (κ3) is 3.46. The molecule has 28 heavy (non-hydrogen) atoms. The summed E-state index contributed by atoms with van der Waals surface area (Å²) >= 11 is 0. The molecule has 2 N–H and O–H groups in total. The molecule has 0 saturated heterocycles. The van der Waals surface area contributed by atoms with Gasteiger partial charge in [-0.25, -0.2) is 4.79 Å². The monoisotopic (exact) mass is 381 g/mol. The Hall–Kier alpha value is -3.61. The van der Waals surface area contributed by atoms with Crippen LogP contribution >= 0.6 is 0 Å². The molecule has 7 nitrogen and oxygen atoms in total. The molecule has 1 atom stereocenters. The fraction of sp³-hybridized carbons (Fsp3) is 0.190. The van der Waals surface area contributed by atoms with Crippen molar-refractivity contribution in [2.45, 2.75) is 12.3 Å². The van der Waals surface area contributed by atoms with E-state index in [4.69, 9.17) is 4.74 Å². The van der Waals surface area contributed by atoms with E-state index in [2.05, 4.69) is 9.72 Å². The number of benzene rings is 2. The van der Waals surface area contributed by atoms with Crippen LogP contribution in [0.25, 0.3) is 10.8 Å². The van der Waals surface area contributed by atoms with Crippen LogP contribution in [0.4, 0.5) is 0 Å². The number of aromatic amines is 1. The smallest absolute Gasteiger partial charge is 0.343 e.